The molecule has 0 saturated heterocycles. The van der Waals surface area contributed by atoms with Crippen LogP contribution in [0.25, 0.3) is 0 Å². The molecule has 1 N–H and O–H groups in total. The van der Waals surface area contributed by atoms with Crippen LogP contribution in [0.15, 0.2) is 38.8 Å². The van der Waals surface area contributed by atoms with Gasteiger partial charge in [-0.1, -0.05) is 12.1 Å². The van der Waals surface area contributed by atoms with Crippen LogP contribution in [0.2, 0.25) is 0 Å². The Kier molecular flexibility index (Phi) is 5.71. The maximum atomic E-state index is 11.2. The molecule has 3 nitrogen and oxygen atoms in total. The Morgan fingerprint density at radius 2 is 2.00 bits per heavy atom. The molecule has 1 rings (SSSR count). The molecule has 0 aliphatic heterocycles. The summed E-state index contributed by atoms with van der Waals surface area (Å²) in [4.78, 5) is 11.2. The van der Waals surface area contributed by atoms with E-state index in [1.54, 1.807) is 13.0 Å². The quantitative estimate of drug-likeness (QED) is 0.654. The van der Waals surface area contributed by atoms with Gasteiger partial charge in [0.15, 0.2) is 0 Å². The molecule has 92 valence electrons. The lowest BCUT2D eigenvalue weighted by Gasteiger charge is -2.08. The number of benzene rings is 1. The lowest BCUT2D eigenvalue weighted by molar-refractivity contribution is -0.136. The zero-order valence-electron chi connectivity index (χ0n) is 9.59. The molecule has 0 unspecified atom stereocenters. The van der Waals surface area contributed by atoms with Crippen molar-refractivity contribution in [3.8, 4) is 0 Å². The van der Waals surface area contributed by atoms with E-state index in [0.29, 0.717) is 12.1 Å². The Hall–Kier alpha value is -0.810. The van der Waals surface area contributed by atoms with Crippen LogP contribution in [0.1, 0.15) is 6.92 Å². The normalized spacial score (nSPS) is 11.2. The molecule has 0 fully saturated rings. The molecular formula is C12H13Br2NO2. The van der Waals surface area contributed by atoms with E-state index in [2.05, 4.69) is 41.9 Å². The van der Waals surface area contributed by atoms with Gasteiger partial charge in [0, 0.05) is 21.1 Å². The van der Waals surface area contributed by atoms with Crippen molar-refractivity contribution >= 4 is 43.5 Å². The minimum absolute atomic E-state index is 0.307. The molecule has 0 aromatic heterocycles. The van der Waals surface area contributed by atoms with Gasteiger partial charge in [0.2, 0.25) is 0 Å². The second-order valence-electron chi connectivity index (χ2n) is 3.36. The summed E-state index contributed by atoms with van der Waals surface area (Å²) in [5.74, 6) is -0.307. The third kappa shape index (κ3) is 4.16. The molecule has 0 heterocycles. The molecule has 0 aliphatic rings. The minimum atomic E-state index is -0.307. The Bertz CT molecular complexity index is 424. The average molecular weight is 363 g/mol. The standard InChI is InChI=1S/C12H13Br2NO2/c1-8(12(16)17-2)6-7-15-11-9(13)4-3-5-10(11)14/h3-6,15H,7H2,1-2H3/b8-6+. The summed E-state index contributed by atoms with van der Waals surface area (Å²) in [5.41, 5.74) is 1.55. The van der Waals surface area contributed by atoms with Crippen LogP contribution >= 0.6 is 31.9 Å². The van der Waals surface area contributed by atoms with Crippen LogP contribution in [-0.2, 0) is 9.53 Å². The summed E-state index contributed by atoms with van der Waals surface area (Å²) in [6, 6.07) is 5.84. The predicted octanol–water partition coefficient (Wildman–Crippen LogP) is 3.74. The number of hydrogen-bond donors (Lipinski definition) is 1. The third-order valence-electron chi connectivity index (χ3n) is 2.16. The topological polar surface area (TPSA) is 38.3 Å². The fourth-order valence-electron chi connectivity index (χ4n) is 1.22. The van der Waals surface area contributed by atoms with Gasteiger partial charge in [-0.15, -0.1) is 0 Å². The van der Waals surface area contributed by atoms with Gasteiger partial charge in [-0.2, -0.15) is 0 Å². The number of esters is 1. The number of rotatable bonds is 4. The number of para-hydroxylation sites is 1. The van der Waals surface area contributed by atoms with Crippen molar-refractivity contribution in [2.24, 2.45) is 0 Å². The van der Waals surface area contributed by atoms with Crippen molar-refractivity contribution < 1.29 is 9.53 Å². The Morgan fingerprint density at radius 1 is 1.41 bits per heavy atom. The fraction of sp³-hybridized carbons (Fsp3) is 0.250. The van der Waals surface area contributed by atoms with Gasteiger partial charge in [0.05, 0.1) is 12.8 Å². The first-order valence-corrected chi connectivity index (χ1v) is 6.57. The van der Waals surface area contributed by atoms with Crippen LogP contribution in [0.4, 0.5) is 5.69 Å². The van der Waals surface area contributed by atoms with Crippen LogP contribution < -0.4 is 5.32 Å². The largest absolute Gasteiger partial charge is 0.466 e. The molecule has 5 heteroatoms. The van der Waals surface area contributed by atoms with Gasteiger partial charge in [0.1, 0.15) is 0 Å². The number of nitrogens with one attached hydrogen (secondary N) is 1. The van der Waals surface area contributed by atoms with Crippen molar-refractivity contribution in [3.63, 3.8) is 0 Å². The van der Waals surface area contributed by atoms with Crippen LogP contribution in [-0.4, -0.2) is 19.6 Å². The highest BCUT2D eigenvalue weighted by molar-refractivity contribution is 9.11. The molecule has 0 amide bonds. The third-order valence-corrected chi connectivity index (χ3v) is 3.48. The number of hydrogen-bond acceptors (Lipinski definition) is 3. The molecule has 1 aromatic rings. The maximum absolute atomic E-state index is 11.2. The zero-order chi connectivity index (χ0) is 12.8. The Labute approximate surface area is 117 Å². The molecular weight excluding hydrogens is 350 g/mol. The number of ether oxygens (including phenoxy) is 1. The monoisotopic (exact) mass is 361 g/mol. The van der Waals surface area contributed by atoms with E-state index in [4.69, 9.17) is 0 Å². The smallest absolute Gasteiger partial charge is 0.333 e. The van der Waals surface area contributed by atoms with Crippen molar-refractivity contribution in [1.29, 1.82) is 0 Å². The van der Waals surface area contributed by atoms with Crippen molar-refractivity contribution in [2.45, 2.75) is 6.92 Å². The van der Waals surface area contributed by atoms with Gasteiger partial charge in [0.25, 0.3) is 0 Å². The molecule has 0 saturated carbocycles. The van der Waals surface area contributed by atoms with Crippen molar-refractivity contribution in [3.05, 3.63) is 38.8 Å². The summed E-state index contributed by atoms with van der Waals surface area (Å²) in [6.45, 7) is 2.28. The highest BCUT2D eigenvalue weighted by Crippen LogP contribution is 2.30. The van der Waals surface area contributed by atoms with Crippen LogP contribution in [0.3, 0.4) is 0 Å². The number of carbonyl (C=O) groups is 1. The molecule has 0 radical (unpaired) electrons. The first kappa shape index (κ1) is 14.3. The molecule has 0 aliphatic carbocycles. The van der Waals surface area contributed by atoms with E-state index in [1.807, 2.05) is 18.2 Å². The predicted molar refractivity (Wildman–Crippen MR) is 76.1 cm³/mol. The van der Waals surface area contributed by atoms with Gasteiger partial charge in [-0.3, -0.25) is 0 Å². The summed E-state index contributed by atoms with van der Waals surface area (Å²) in [5, 5.41) is 3.21. The zero-order valence-corrected chi connectivity index (χ0v) is 12.8. The molecule has 1 aromatic carbocycles. The molecule has 17 heavy (non-hydrogen) atoms. The summed E-state index contributed by atoms with van der Waals surface area (Å²) >= 11 is 6.90. The van der Waals surface area contributed by atoms with E-state index in [0.717, 1.165) is 14.6 Å². The van der Waals surface area contributed by atoms with Crippen molar-refractivity contribution in [2.75, 3.05) is 19.0 Å². The second-order valence-corrected chi connectivity index (χ2v) is 5.06. The van der Waals surface area contributed by atoms with Gasteiger partial charge >= 0.3 is 5.97 Å². The van der Waals surface area contributed by atoms with E-state index >= 15 is 0 Å². The highest BCUT2D eigenvalue weighted by Gasteiger charge is 2.04. The van der Waals surface area contributed by atoms with Crippen molar-refractivity contribution in [1.82, 2.24) is 0 Å². The Balaban J connectivity index is 2.66. The average Bonchev–Trinajstić information content (AvgIpc) is 2.31. The second kappa shape index (κ2) is 6.81. The van der Waals surface area contributed by atoms with Crippen LogP contribution in [0, 0.1) is 0 Å². The summed E-state index contributed by atoms with van der Waals surface area (Å²) in [6.07, 6.45) is 1.79. The summed E-state index contributed by atoms with van der Waals surface area (Å²) < 4.78 is 6.55. The van der Waals surface area contributed by atoms with E-state index in [1.165, 1.54) is 7.11 Å². The summed E-state index contributed by atoms with van der Waals surface area (Å²) in [7, 11) is 1.37. The van der Waals surface area contributed by atoms with Gasteiger partial charge in [-0.25, -0.2) is 4.79 Å². The lowest BCUT2D eigenvalue weighted by Crippen LogP contribution is -2.06. The Morgan fingerprint density at radius 3 is 2.53 bits per heavy atom. The van der Waals surface area contributed by atoms with E-state index in [9.17, 15) is 4.79 Å². The number of methoxy groups -OCH3 is 1. The maximum Gasteiger partial charge on any atom is 0.333 e. The number of anilines is 1. The number of carbonyl (C=O) groups excluding carboxylic acids is 1. The van der Waals surface area contributed by atoms with E-state index < -0.39 is 0 Å². The molecule has 0 bridgehead atoms. The SMILES string of the molecule is COC(=O)/C(C)=C/CNc1c(Br)cccc1Br. The van der Waals surface area contributed by atoms with Crippen LogP contribution in [0.5, 0.6) is 0 Å². The first-order chi connectivity index (χ1) is 8.06. The van der Waals surface area contributed by atoms with Gasteiger partial charge < -0.3 is 10.1 Å². The fourth-order valence-corrected chi connectivity index (χ4v) is 2.50. The number of halogens is 2. The lowest BCUT2D eigenvalue weighted by atomic mass is 10.2. The highest BCUT2D eigenvalue weighted by atomic mass is 79.9. The van der Waals surface area contributed by atoms with Gasteiger partial charge in [-0.05, 0) is 50.9 Å². The first-order valence-electron chi connectivity index (χ1n) is 4.99. The molecule has 0 atom stereocenters. The van der Waals surface area contributed by atoms with E-state index in [-0.39, 0.29) is 5.97 Å². The molecule has 0 spiro atoms. The minimum Gasteiger partial charge on any atom is -0.466 e.